The number of carbonyl (C=O) groups is 1. The minimum atomic E-state index is -0.0910. The Balaban J connectivity index is 1.86. The largest absolute Gasteiger partial charge is 0.377 e. The highest BCUT2D eigenvalue weighted by atomic mass is 16.5. The van der Waals surface area contributed by atoms with Crippen molar-refractivity contribution in [1.82, 2.24) is 9.55 Å². The van der Waals surface area contributed by atoms with Crippen LogP contribution in [0, 0.1) is 0 Å². The number of methoxy groups -OCH3 is 1. The van der Waals surface area contributed by atoms with Crippen molar-refractivity contribution in [2.45, 2.75) is 13.2 Å². The van der Waals surface area contributed by atoms with Gasteiger partial charge >= 0.3 is 0 Å². The number of anilines is 1. The molecule has 3 aromatic rings. The SMILES string of the molecule is COCc1nc2ccccc2n1CC(=O)Nc1ccccc1. The van der Waals surface area contributed by atoms with E-state index in [0.29, 0.717) is 6.61 Å². The third kappa shape index (κ3) is 2.99. The molecule has 1 aromatic heterocycles. The minimum absolute atomic E-state index is 0.0910. The molecule has 0 radical (unpaired) electrons. The van der Waals surface area contributed by atoms with Crippen LogP contribution in [-0.4, -0.2) is 22.6 Å². The molecule has 112 valence electrons. The molecule has 1 N–H and O–H groups in total. The van der Waals surface area contributed by atoms with Crippen molar-refractivity contribution in [3.05, 3.63) is 60.4 Å². The maximum absolute atomic E-state index is 12.3. The number of nitrogens with zero attached hydrogens (tertiary/aromatic N) is 2. The van der Waals surface area contributed by atoms with Crippen molar-refractivity contribution in [3.63, 3.8) is 0 Å². The van der Waals surface area contributed by atoms with Crippen LogP contribution in [0.5, 0.6) is 0 Å². The molecule has 5 heteroatoms. The zero-order chi connectivity index (χ0) is 15.4. The molecule has 2 aromatic carbocycles. The van der Waals surface area contributed by atoms with E-state index in [4.69, 9.17) is 4.74 Å². The van der Waals surface area contributed by atoms with E-state index in [1.807, 2.05) is 59.2 Å². The minimum Gasteiger partial charge on any atom is -0.377 e. The molecular weight excluding hydrogens is 278 g/mol. The molecule has 0 spiro atoms. The molecule has 0 aliphatic carbocycles. The summed E-state index contributed by atoms with van der Waals surface area (Å²) in [5.41, 5.74) is 2.57. The molecule has 0 aliphatic rings. The van der Waals surface area contributed by atoms with Gasteiger partial charge in [-0.2, -0.15) is 0 Å². The third-order valence-corrected chi connectivity index (χ3v) is 3.37. The van der Waals surface area contributed by atoms with Gasteiger partial charge in [-0.1, -0.05) is 30.3 Å². The molecule has 0 bridgehead atoms. The van der Waals surface area contributed by atoms with Gasteiger partial charge in [-0.25, -0.2) is 4.98 Å². The number of nitrogens with one attached hydrogen (secondary N) is 1. The molecule has 0 saturated carbocycles. The Labute approximate surface area is 128 Å². The maximum Gasteiger partial charge on any atom is 0.244 e. The predicted molar refractivity (Wildman–Crippen MR) is 85.5 cm³/mol. The fourth-order valence-electron chi connectivity index (χ4n) is 2.41. The van der Waals surface area contributed by atoms with Crippen LogP contribution in [0.3, 0.4) is 0 Å². The van der Waals surface area contributed by atoms with Crippen molar-refractivity contribution >= 4 is 22.6 Å². The van der Waals surface area contributed by atoms with Crippen molar-refractivity contribution in [2.24, 2.45) is 0 Å². The van der Waals surface area contributed by atoms with E-state index in [0.717, 1.165) is 22.5 Å². The van der Waals surface area contributed by atoms with Gasteiger partial charge in [-0.3, -0.25) is 4.79 Å². The Kier molecular flexibility index (Phi) is 4.16. The average Bonchev–Trinajstić information content (AvgIpc) is 2.86. The van der Waals surface area contributed by atoms with Crippen LogP contribution in [0.25, 0.3) is 11.0 Å². The fraction of sp³-hybridized carbons (Fsp3) is 0.176. The van der Waals surface area contributed by atoms with Crippen LogP contribution in [0.2, 0.25) is 0 Å². The Hall–Kier alpha value is -2.66. The molecule has 0 fully saturated rings. The Morgan fingerprint density at radius 2 is 1.86 bits per heavy atom. The van der Waals surface area contributed by atoms with Crippen molar-refractivity contribution in [3.8, 4) is 0 Å². The second kappa shape index (κ2) is 6.41. The Morgan fingerprint density at radius 3 is 2.64 bits per heavy atom. The number of rotatable bonds is 5. The lowest BCUT2D eigenvalue weighted by Crippen LogP contribution is -2.20. The van der Waals surface area contributed by atoms with Gasteiger partial charge in [-0.05, 0) is 24.3 Å². The van der Waals surface area contributed by atoms with E-state index >= 15 is 0 Å². The van der Waals surface area contributed by atoms with Crippen molar-refractivity contribution < 1.29 is 9.53 Å². The number of imidazole rings is 1. The zero-order valence-corrected chi connectivity index (χ0v) is 12.3. The first-order valence-corrected chi connectivity index (χ1v) is 7.06. The second-order valence-corrected chi connectivity index (χ2v) is 4.95. The lowest BCUT2D eigenvalue weighted by atomic mass is 10.3. The van der Waals surface area contributed by atoms with Gasteiger partial charge in [0.05, 0.1) is 11.0 Å². The van der Waals surface area contributed by atoms with Crippen LogP contribution < -0.4 is 5.32 Å². The van der Waals surface area contributed by atoms with E-state index < -0.39 is 0 Å². The van der Waals surface area contributed by atoms with E-state index in [-0.39, 0.29) is 12.5 Å². The lowest BCUT2D eigenvalue weighted by molar-refractivity contribution is -0.116. The summed E-state index contributed by atoms with van der Waals surface area (Å²) >= 11 is 0. The predicted octanol–water partition coefficient (Wildman–Crippen LogP) is 2.82. The highest BCUT2D eigenvalue weighted by molar-refractivity contribution is 5.91. The number of amides is 1. The van der Waals surface area contributed by atoms with Crippen LogP contribution in [0.4, 0.5) is 5.69 Å². The number of hydrogen-bond donors (Lipinski definition) is 1. The quantitative estimate of drug-likeness (QED) is 0.787. The summed E-state index contributed by atoms with van der Waals surface area (Å²) in [4.78, 5) is 16.8. The molecule has 0 atom stereocenters. The highest BCUT2D eigenvalue weighted by Gasteiger charge is 2.13. The van der Waals surface area contributed by atoms with E-state index in [1.165, 1.54) is 0 Å². The monoisotopic (exact) mass is 295 g/mol. The summed E-state index contributed by atoms with van der Waals surface area (Å²) in [5.74, 6) is 0.651. The zero-order valence-electron chi connectivity index (χ0n) is 12.3. The van der Waals surface area contributed by atoms with Crippen LogP contribution in [0.1, 0.15) is 5.82 Å². The lowest BCUT2D eigenvalue weighted by Gasteiger charge is -2.09. The summed E-state index contributed by atoms with van der Waals surface area (Å²) < 4.78 is 7.07. The Morgan fingerprint density at radius 1 is 1.14 bits per heavy atom. The molecule has 0 aliphatic heterocycles. The molecule has 5 nitrogen and oxygen atoms in total. The first-order chi connectivity index (χ1) is 10.8. The number of para-hydroxylation sites is 3. The van der Waals surface area contributed by atoms with Gasteiger partial charge in [0.15, 0.2) is 0 Å². The molecular formula is C17H17N3O2. The third-order valence-electron chi connectivity index (χ3n) is 3.37. The molecule has 1 amide bonds. The summed E-state index contributed by atoms with van der Waals surface area (Å²) in [6, 6.07) is 17.2. The molecule has 1 heterocycles. The number of aromatic nitrogens is 2. The van der Waals surface area contributed by atoms with Gasteiger partial charge in [0, 0.05) is 12.8 Å². The first kappa shape index (κ1) is 14.3. The van der Waals surface area contributed by atoms with Gasteiger partial charge in [0.25, 0.3) is 0 Å². The average molecular weight is 295 g/mol. The van der Waals surface area contributed by atoms with Crippen LogP contribution in [-0.2, 0) is 22.7 Å². The number of hydrogen-bond acceptors (Lipinski definition) is 3. The summed E-state index contributed by atoms with van der Waals surface area (Å²) in [7, 11) is 1.62. The van der Waals surface area contributed by atoms with Crippen LogP contribution in [0.15, 0.2) is 54.6 Å². The number of benzene rings is 2. The molecule has 3 rings (SSSR count). The number of ether oxygens (including phenoxy) is 1. The number of fused-ring (bicyclic) bond motifs is 1. The Bertz CT molecular complexity index is 781. The molecule has 22 heavy (non-hydrogen) atoms. The van der Waals surface area contributed by atoms with Gasteiger partial charge in [0.2, 0.25) is 5.91 Å². The van der Waals surface area contributed by atoms with E-state index in [2.05, 4.69) is 10.3 Å². The van der Waals surface area contributed by atoms with E-state index in [1.54, 1.807) is 7.11 Å². The topological polar surface area (TPSA) is 56.2 Å². The van der Waals surface area contributed by atoms with Crippen LogP contribution >= 0.6 is 0 Å². The fourth-order valence-corrected chi connectivity index (χ4v) is 2.41. The van der Waals surface area contributed by atoms with E-state index in [9.17, 15) is 4.79 Å². The van der Waals surface area contributed by atoms with Gasteiger partial charge in [-0.15, -0.1) is 0 Å². The number of carbonyl (C=O) groups excluding carboxylic acids is 1. The standard InChI is InChI=1S/C17H17N3O2/c1-22-12-16-19-14-9-5-6-10-15(14)20(16)11-17(21)18-13-7-3-2-4-8-13/h2-10H,11-12H2,1H3,(H,18,21). The normalized spacial score (nSPS) is 10.8. The summed E-state index contributed by atoms with van der Waals surface area (Å²) in [6.07, 6.45) is 0. The van der Waals surface area contributed by atoms with Crippen molar-refractivity contribution in [1.29, 1.82) is 0 Å². The maximum atomic E-state index is 12.3. The first-order valence-electron chi connectivity index (χ1n) is 7.06. The van der Waals surface area contributed by atoms with Gasteiger partial charge < -0.3 is 14.6 Å². The summed E-state index contributed by atoms with van der Waals surface area (Å²) in [6.45, 7) is 0.571. The highest BCUT2D eigenvalue weighted by Crippen LogP contribution is 2.17. The summed E-state index contributed by atoms with van der Waals surface area (Å²) in [5, 5.41) is 2.89. The van der Waals surface area contributed by atoms with Gasteiger partial charge in [0.1, 0.15) is 19.0 Å². The molecule has 0 saturated heterocycles. The second-order valence-electron chi connectivity index (χ2n) is 4.95. The van der Waals surface area contributed by atoms with Crippen molar-refractivity contribution in [2.75, 3.05) is 12.4 Å². The molecule has 0 unspecified atom stereocenters. The smallest absolute Gasteiger partial charge is 0.244 e.